The third kappa shape index (κ3) is 5.30. The third-order valence-electron chi connectivity index (χ3n) is 3.44. The van der Waals surface area contributed by atoms with Crippen LogP contribution < -0.4 is 0 Å². The van der Waals surface area contributed by atoms with E-state index < -0.39 is 6.10 Å². The standard InChI is InChI=1S/C16H22N2O2/c17-9-4-10-18(15-7-8-15)11-16(19)13-20-12-14-5-2-1-3-6-14/h1-3,5-6,15-16,19H,4,7-8,10-13H2. The molecular formula is C16H22N2O2. The molecule has 1 aromatic rings. The zero-order valence-corrected chi connectivity index (χ0v) is 11.7. The minimum absolute atomic E-state index is 0.338. The average molecular weight is 274 g/mol. The molecule has 1 N–H and O–H groups in total. The first kappa shape index (κ1) is 15.0. The number of ether oxygens (including phenoxy) is 1. The van der Waals surface area contributed by atoms with E-state index in [4.69, 9.17) is 10.00 Å². The van der Waals surface area contributed by atoms with Crippen LogP contribution in [0.2, 0.25) is 0 Å². The van der Waals surface area contributed by atoms with Gasteiger partial charge in [-0.15, -0.1) is 0 Å². The van der Waals surface area contributed by atoms with E-state index in [1.807, 2.05) is 30.3 Å². The van der Waals surface area contributed by atoms with Crippen molar-refractivity contribution in [1.29, 1.82) is 5.26 Å². The lowest BCUT2D eigenvalue weighted by Gasteiger charge is -2.23. The van der Waals surface area contributed by atoms with Crippen molar-refractivity contribution in [1.82, 2.24) is 4.90 Å². The monoisotopic (exact) mass is 274 g/mol. The number of nitrogens with zero attached hydrogens (tertiary/aromatic N) is 2. The molecule has 108 valence electrons. The molecule has 2 rings (SSSR count). The second-order valence-corrected chi connectivity index (χ2v) is 5.29. The number of hydrogen-bond donors (Lipinski definition) is 1. The summed E-state index contributed by atoms with van der Waals surface area (Å²) in [7, 11) is 0. The molecule has 4 nitrogen and oxygen atoms in total. The van der Waals surface area contributed by atoms with Crippen molar-refractivity contribution in [3.05, 3.63) is 35.9 Å². The van der Waals surface area contributed by atoms with Gasteiger partial charge in [-0.3, -0.25) is 4.90 Å². The first-order valence-electron chi connectivity index (χ1n) is 7.20. The minimum atomic E-state index is -0.488. The van der Waals surface area contributed by atoms with Gasteiger partial charge in [-0.1, -0.05) is 30.3 Å². The highest BCUT2D eigenvalue weighted by Gasteiger charge is 2.29. The van der Waals surface area contributed by atoms with Crippen LogP contribution in [0.25, 0.3) is 0 Å². The molecule has 20 heavy (non-hydrogen) atoms. The smallest absolute Gasteiger partial charge is 0.0900 e. The fraction of sp³-hybridized carbons (Fsp3) is 0.562. The first-order chi connectivity index (χ1) is 9.79. The molecule has 0 radical (unpaired) electrons. The quantitative estimate of drug-likeness (QED) is 0.747. The summed E-state index contributed by atoms with van der Waals surface area (Å²) in [6.07, 6.45) is 2.40. The zero-order chi connectivity index (χ0) is 14.2. The van der Waals surface area contributed by atoms with Crippen LogP contribution >= 0.6 is 0 Å². The molecule has 4 heteroatoms. The second-order valence-electron chi connectivity index (χ2n) is 5.29. The minimum Gasteiger partial charge on any atom is -0.389 e. The molecular weight excluding hydrogens is 252 g/mol. The van der Waals surface area contributed by atoms with Crippen molar-refractivity contribution in [2.24, 2.45) is 0 Å². The van der Waals surface area contributed by atoms with Crippen LogP contribution in [0.5, 0.6) is 0 Å². The van der Waals surface area contributed by atoms with Crippen molar-refractivity contribution in [3.63, 3.8) is 0 Å². The van der Waals surface area contributed by atoms with Gasteiger partial charge in [0, 0.05) is 25.6 Å². The molecule has 0 spiro atoms. The summed E-state index contributed by atoms with van der Waals surface area (Å²) in [4.78, 5) is 2.21. The molecule has 1 unspecified atom stereocenters. The van der Waals surface area contributed by atoms with E-state index in [1.54, 1.807) is 0 Å². The summed E-state index contributed by atoms with van der Waals surface area (Å²) in [5, 5.41) is 18.7. The maximum absolute atomic E-state index is 10.0. The van der Waals surface area contributed by atoms with Gasteiger partial charge in [-0.05, 0) is 18.4 Å². The van der Waals surface area contributed by atoms with Crippen LogP contribution in [0, 0.1) is 11.3 Å². The van der Waals surface area contributed by atoms with Gasteiger partial charge in [0.25, 0.3) is 0 Å². The van der Waals surface area contributed by atoms with E-state index in [9.17, 15) is 5.11 Å². The van der Waals surface area contributed by atoms with Crippen LogP contribution in [0.3, 0.4) is 0 Å². The average Bonchev–Trinajstić information content (AvgIpc) is 3.29. The molecule has 0 bridgehead atoms. The van der Waals surface area contributed by atoms with E-state index in [-0.39, 0.29) is 0 Å². The van der Waals surface area contributed by atoms with Crippen molar-refractivity contribution < 1.29 is 9.84 Å². The Hall–Kier alpha value is -1.41. The van der Waals surface area contributed by atoms with Crippen molar-refractivity contribution in [2.45, 2.75) is 38.0 Å². The second kappa shape index (κ2) is 8.01. The summed E-state index contributed by atoms with van der Waals surface area (Å²) < 4.78 is 5.55. The molecule has 0 aliphatic heterocycles. The van der Waals surface area contributed by atoms with Crippen LogP contribution in [-0.4, -0.2) is 41.8 Å². The lowest BCUT2D eigenvalue weighted by atomic mass is 10.2. The van der Waals surface area contributed by atoms with Crippen LogP contribution in [0.15, 0.2) is 30.3 Å². The Balaban J connectivity index is 1.66. The Labute approximate surface area is 120 Å². The summed E-state index contributed by atoms with van der Waals surface area (Å²) in [5.41, 5.74) is 1.11. The Morgan fingerprint density at radius 3 is 2.75 bits per heavy atom. The molecule has 0 aromatic heterocycles. The molecule has 1 atom stereocenters. The normalized spacial score (nSPS) is 16.1. The third-order valence-corrected chi connectivity index (χ3v) is 3.44. The fourth-order valence-corrected chi connectivity index (χ4v) is 2.27. The van der Waals surface area contributed by atoms with Crippen LogP contribution in [0.4, 0.5) is 0 Å². The number of rotatable bonds is 9. The maximum Gasteiger partial charge on any atom is 0.0900 e. The number of benzene rings is 1. The molecule has 1 saturated carbocycles. The van der Waals surface area contributed by atoms with E-state index in [0.717, 1.165) is 12.1 Å². The van der Waals surface area contributed by atoms with E-state index in [2.05, 4.69) is 11.0 Å². The predicted octanol–water partition coefficient (Wildman–Crippen LogP) is 1.94. The molecule has 1 aliphatic carbocycles. The van der Waals surface area contributed by atoms with E-state index >= 15 is 0 Å². The van der Waals surface area contributed by atoms with Gasteiger partial charge in [0.05, 0.1) is 25.4 Å². The Morgan fingerprint density at radius 1 is 1.35 bits per heavy atom. The van der Waals surface area contributed by atoms with Crippen LogP contribution in [-0.2, 0) is 11.3 Å². The Morgan fingerprint density at radius 2 is 2.10 bits per heavy atom. The van der Waals surface area contributed by atoms with Gasteiger partial charge in [-0.2, -0.15) is 5.26 Å². The molecule has 1 aromatic carbocycles. The molecule has 0 saturated heterocycles. The fourth-order valence-electron chi connectivity index (χ4n) is 2.27. The summed E-state index contributed by atoms with van der Waals surface area (Å²) in [5.74, 6) is 0. The largest absolute Gasteiger partial charge is 0.389 e. The number of hydrogen-bond acceptors (Lipinski definition) is 4. The Kier molecular flexibility index (Phi) is 6.00. The SMILES string of the molecule is N#CCCN(CC(O)COCc1ccccc1)C1CC1. The van der Waals surface area contributed by atoms with Gasteiger partial charge >= 0.3 is 0 Å². The lowest BCUT2D eigenvalue weighted by Crippen LogP contribution is -2.37. The van der Waals surface area contributed by atoms with E-state index in [1.165, 1.54) is 12.8 Å². The van der Waals surface area contributed by atoms with Crippen molar-refractivity contribution in [3.8, 4) is 6.07 Å². The maximum atomic E-state index is 10.0. The number of nitriles is 1. The Bertz CT molecular complexity index is 426. The van der Waals surface area contributed by atoms with Crippen molar-refractivity contribution >= 4 is 0 Å². The highest BCUT2D eigenvalue weighted by atomic mass is 16.5. The van der Waals surface area contributed by atoms with Crippen LogP contribution in [0.1, 0.15) is 24.8 Å². The van der Waals surface area contributed by atoms with Gasteiger partial charge < -0.3 is 9.84 Å². The van der Waals surface area contributed by atoms with Crippen molar-refractivity contribution in [2.75, 3.05) is 19.7 Å². The molecule has 0 amide bonds. The number of aliphatic hydroxyl groups excluding tert-OH is 1. The number of aliphatic hydroxyl groups is 1. The summed E-state index contributed by atoms with van der Waals surface area (Å²) >= 11 is 0. The molecule has 1 fully saturated rings. The summed E-state index contributed by atoms with van der Waals surface area (Å²) in [6, 6.07) is 12.7. The highest BCUT2D eigenvalue weighted by Crippen LogP contribution is 2.26. The van der Waals surface area contributed by atoms with Gasteiger partial charge in [-0.25, -0.2) is 0 Å². The highest BCUT2D eigenvalue weighted by molar-refractivity contribution is 5.13. The molecule has 0 heterocycles. The van der Waals surface area contributed by atoms with Gasteiger partial charge in [0.2, 0.25) is 0 Å². The first-order valence-corrected chi connectivity index (χ1v) is 7.20. The summed E-state index contributed by atoms with van der Waals surface area (Å²) in [6.45, 7) is 2.21. The van der Waals surface area contributed by atoms with E-state index in [0.29, 0.717) is 32.2 Å². The van der Waals surface area contributed by atoms with Gasteiger partial charge in [0.15, 0.2) is 0 Å². The van der Waals surface area contributed by atoms with Gasteiger partial charge in [0.1, 0.15) is 0 Å². The topological polar surface area (TPSA) is 56.5 Å². The lowest BCUT2D eigenvalue weighted by molar-refractivity contribution is 0.00881. The zero-order valence-electron chi connectivity index (χ0n) is 11.7. The predicted molar refractivity (Wildman–Crippen MR) is 76.9 cm³/mol. The molecule has 1 aliphatic rings.